The molecule has 5 rings (SSSR count). The van der Waals surface area contributed by atoms with Gasteiger partial charge < -0.3 is 25.0 Å². The zero-order valence-electron chi connectivity index (χ0n) is 23.4. The van der Waals surface area contributed by atoms with Gasteiger partial charge in [0.15, 0.2) is 5.88 Å². The Balaban J connectivity index is 1.38. The number of nitrogens with one attached hydrogen (secondary N) is 2. The molecule has 1 aliphatic rings. The van der Waals surface area contributed by atoms with Gasteiger partial charge >= 0.3 is 5.97 Å². The summed E-state index contributed by atoms with van der Waals surface area (Å²) in [5.41, 5.74) is 4.40. The van der Waals surface area contributed by atoms with E-state index in [2.05, 4.69) is 10.3 Å². The van der Waals surface area contributed by atoms with E-state index in [1.807, 2.05) is 41.3 Å². The van der Waals surface area contributed by atoms with Gasteiger partial charge in [0.2, 0.25) is 0 Å². The topological polar surface area (TPSA) is 107 Å². The average Bonchev–Trinajstić information content (AvgIpc) is 3.30. The Kier molecular flexibility index (Phi) is 8.35. The van der Waals surface area contributed by atoms with Crippen molar-refractivity contribution in [3.63, 3.8) is 0 Å². The molecule has 2 heterocycles. The number of esters is 1. The van der Waals surface area contributed by atoms with Crippen molar-refractivity contribution in [2.75, 3.05) is 33.3 Å². The first-order chi connectivity index (χ1) is 20.1. The number of halogens is 2. The molecule has 0 saturated carbocycles. The third kappa shape index (κ3) is 6.33. The molecular weight excluding hydrogens is 542 g/mol. The predicted molar refractivity (Wildman–Crippen MR) is 157 cm³/mol. The van der Waals surface area contributed by atoms with E-state index in [1.54, 1.807) is 37.3 Å². The number of amides is 1. The van der Waals surface area contributed by atoms with E-state index in [-0.39, 0.29) is 24.6 Å². The van der Waals surface area contributed by atoms with Gasteiger partial charge in [-0.3, -0.25) is 4.79 Å². The van der Waals surface area contributed by atoms with Crippen LogP contribution in [0.5, 0.6) is 5.88 Å². The Morgan fingerprint density at radius 1 is 1.05 bits per heavy atom. The van der Waals surface area contributed by atoms with Gasteiger partial charge in [0.25, 0.3) is 11.8 Å². The van der Waals surface area contributed by atoms with Crippen LogP contribution in [0.25, 0.3) is 10.9 Å². The molecule has 10 heteroatoms. The lowest BCUT2D eigenvalue weighted by molar-refractivity contribution is -0.0547. The van der Waals surface area contributed by atoms with Crippen LogP contribution in [0.15, 0.2) is 71.7 Å². The van der Waals surface area contributed by atoms with Gasteiger partial charge in [-0.2, -0.15) is 0 Å². The van der Waals surface area contributed by atoms with Crippen LogP contribution in [-0.4, -0.2) is 71.8 Å². The van der Waals surface area contributed by atoms with Crippen LogP contribution in [0.4, 0.5) is 14.5 Å². The van der Waals surface area contributed by atoms with E-state index in [0.717, 1.165) is 5.56 Å². The van der Waals surface area contributed by atoms with Crippen molar-refractivity contribution >= 4 is 34.2 Å². The molecule has 1 fully saturated rings. The van der Waals surface area contributed by atoms with Gasteiger partial charge in [-0.25, -0.2) is 18.6 Å². The molecule has 3 N–H and O–H groups in total. The Bertz CT molecular complexity index is 1620. The number of hydrogen-bond acceptors (Lipinski definition) is 6. The minimum atomic E-state index is -2.59. The highest BCUT2D eigenvalue weighted by Crippen LogP contribution is 2.33. The van der Waals surface area contributed by atoms with E-state index in [0.29, 0.717) is 70.7 Å². The number of aryl methyl sites for hydroxylation is 1. The first-order valence-corrected chi connectivity index (χ1v) is 13.7. The highest BCUT2D eigenvalue weighted by Gasteiger charge is 2.33. The Labute approximate surface area is 242 Å². The monoisotopic (exact) mass is 574 g/mol. The van der Waals surface area contributed by atoms with Gasteiger partial charge in [-0.15, -0.1) is 0 Å². The minimum absolute atomic E-state index is 0.0950. The molecule has 218 valence electrons. The van der Waals surface area contributed by atoms with Gasteiger partial charge in [0, 0.05) is 61.1 Å². The van der Waals surface area contributed by atoms with Crippen LogP contribution >= 0.6 is 0 Å². The summed E-state index contributed by atoms with van der Waals surface area (Å²) >= 11 is 0. The van der Waals surface area contributed by atoms with Gasteiger partial charge in [-0.05, 0) is 48.9 Å². The number of alkyl halides is 2. The molecule has 1 saturated heterocycles. The van der Waals surface area contributed by atoms with Crippen LogP contribution in [0.3, 0.4) is 0 Å². The van der Waals surface area contributed by atoms with Crippen LogP contribution in [0.2, 0.25) is 0 Å². The fourth-order valence-corrected chi connectivity index (χ4v) is 5.12. The Hall–Kier alpha value is -4.57. The van der Waals surface area contributed by atoms with Crippen molar-refractivity contribution in [1.82, 2.24) is 15.2 Å². The number of aromatic nitrogens is 1. The van der Waals surface area contributed by atoms with Crippen LogP contribution in [-0.2, 0) is 4.74 Å². The number of piperidine rings is 1. The molecule has 0 radical (unpaired) electrons. The summed E-state index contributed by atoms with van der Waals surface area (Å²) in [4.78, 5) is 34.7. The zero-order chi connectivity index (χ0) is 29.9. The van der Waals surface area contributed by atoms with Gasteiger partial charge in [0.05, 0.1) is 29.6 Å². The maximum absolute atomic E-state index is 13.4. The van der Waals surface area contributed by atoms with E-state index in [1.165, 1.54) is 7.11 Å². The molecule has 0 atom stereocenters. The molecule has 0 aliphatic carbocycles. The molecule has 3 aromatic carbocycles. The predicted octanol–water partition coefficient (Wildman–Crippen LogP) is 5.60. The number of carbonyl (C=O) groups excluding carboxylic acids is 2. The number of methoxy groups -OCH3 is 1. The van der Waals surface area contributed by atoms with Crippen molar-refractivity contribution in [1.29, 1.82) is 0 Å². The highest BCUT2D eigenvalue weighted by molar-refractivity contribution is 6.22. The second kappa shape index (κ2) is 12.1. The number of fused-ring (bicyclic) bond motifs is 1. The number of ether oxygens (including phenoxy) is 1. The van der Waals surface area contributed by atoms with Gasteiger partial charge in [0.1, 0.15) is 0 Å². The summed E-state index contributed by atoms with van der Waals surface area (Å²) in [6.45, 7) is 3.31. The molecule has 1 aliphatic heterocycles. The first-order valence-electron chi connectivity index (χ1n) is 13.7. The molecule has 42 heavy (non-hydrogen) atoms. The normalized spacial score (nSPS) is 15.5. The number of hydrogen-bond donors (Lipinski definition) is 3. The number of rotatable bonds is 8. The minimum Gasteiger partial charge on any atom is -0.494 e. The quantitative estimate of drug-likeness (QED) is 0.188. The lowest BCUT2D eigenvalue weighted by atomic mass is 9.98. The SMILES string of the molecule is COC(=O)c1cc2[nH]c(O)c(C(=Nc3ccc(C(=O)NCCN4CCC(F)(F)CC4)cc3)c3ccccc3)c2cc1C. The number of nitrogens with zero attached hydrogens (tertiary/aromatic N) is 2. The summed E-state index contributed by atoms with van der Waals surface area (Å²) < 4.78 is 31.6. The zero-order valence-corrected chi connectivity index (χ0v) is 23.4. The van der Waals surface area contributed by atoms with Crippen molar-refractivity contribution in [2.24, 2.45) is 4.99 Å². The summed E-state index contributed by atoms with van der Waals surface area (Å²) in [7, 11) is 1.32. The third-order valence-corrected chi connectivity index (χ3v) is 7.48. The molecule has 4 aromatic rings. The summed E-state index contributed by atoms with van der Waals surface area (Å²) in [6.07, 6.45) is -0.309. The third-order valence-electron chi connectivity index (χ3n) is 7.48. The van der Waals surface area contributed by atoms with Crippen LogP contribution < -0.4 is 5.32 Å². The number of benzene rings is 3. The summed E-state index contributed by atoms with van der Waals surface area (Å²) in [5, 5.41) is 14.5. The van der Waals surface area contributed by atoms with E-state index in [9.17, 15) is 23.5 Å². The maximum atomic E-state index is 13.4. The van der Waals surface area contributed by atoms with E-state index < -0.39 is 11.9 Å². The van der Waals surface area contributed by atoms with Gasteiger partial charge in [-0.1, -0.05) is 30.3 Å². The molecule has 0 bridgehead atoms. The fourth-order valence-electron chi connectivity index (χ4n) is 5.12. The van der Waals surface area contributed by atoms with Crippen molar-refractivity contribution in [2.45, 2.75) is 25.7 Å². The highest BCUT2D eigenvalue weighted by atomic mass is 19.3. The van der Waals surface area contributed by atoms with Crippen molar-refractivity contribution in [3.8, 4) is 5.88 Å². The fraction of sp³-hybridized carbons (Fsp3) is 0.281. The second-order valence-corrected chi connectivity index (χ2v) is 10.4. The Morgan fingerprint density at radius 2 is 1.74 bits per heavy atom. The molecule has 0 spiro atoms. The molecule has 1 aromatic heterocycles. The largest absolute Gasteiger partial charge is 0.494 e. The number of aromatic amines is 1. The van der Waals surface area contributed by atoms with Crippen molar-refractivity contribution < 1.29 is 28.2 Å². The first kappa shape index (κ1) is 28.9. The molecule has 1 amide bonds. The number of aromatic hydroxyl groups is 1. The second-order valence-electron chi connectivity index (χ2n) is 10.4. The summed E-state index contributed by atoms with van der Waals surface area (Å²) in [5.74, 6) is -3.42. The average molecular weight is 575 g/mol. The Morgan fingerprint density at radius 3 is 2.40 bits per heavy atom. The van der Waals surface area contributed by atoms with Crippen LogP contribution in [0, 0.1) is 6.92 Å². The number of H-pyrrole nitrogens is 1. The lowest BCUT2D eigenvalue weighted by Crippen LogP contribution is -2.43. The lowest BCUT2D eigenvalue weighted by Gasteiger charge is -2.31. The number of aliphatic imine (C=N–C) groups is 1. The van der Waals surface area contributed by atoms with Crippen molar-refractivity contribution in [3.05, 3.63) is 94.5 Å². The number of carbonyl (C=O) groups is 2. The maximum Gasteiger partial charge on any atom is 0.338 e. The smallest absolute Gasteiger partial charge is 0.338 e. The molecule has 8 nitrogen and oxygen atoms in total. The molecule has 0 unspecified atom stereocenters. The van der Waals surface area contributed by atoms with Crippen LogP contribution in [0.1, 0.15) is 50.2 Å². The van der Waals surface area contributed by atoms with E-state index in [4.69, 9.17) is 9.73 Å². The van der Waals surface area contributed by atoms with E-state index >= 15 is 0 Å². The molecular formula is C32H32F2N4O4. The summed E-state index contributed by atoms with van der Waals surface area (Å²) in [6, 6.07) is 19.6. The standard InChI is InChI=1S/C32H32F2N4O4/c1-20-18-25-26(19-24(20)31(41)42-2)37-30(40)27(25)28(21-6-4-3-5-7-21)36-23-10-8-22(9-11-23)29(39)35-14-17-38-15-12-32(33,34)13-16-38/h3-11,18-19,37,40H,12-17H2,1-2H3,(H,35,39). The number of likely N-dealkylation sites (tertiary alicyclic amines) is 1.